The molecular formula is C40H51ClN4O5. The van der Waals surface area contributed by atoms with Crippen molar-refractivity contribution in [2.24, 2.45) is 0 Å². The van der Waals surface area contributed by atoms with Crippen molar-refractivity contribution >= 4 is 29.9 Å². The average molecular weight is 703 g/mol. The summed E-state index contributed by atoms with van der Waals surface area (Å²) in [6, 6.07) is 27.5. The quantitative estimate of drug-likeness (QED) is 0.138. The summed E-state index contributed by atoms with van der Waals surface area (Å²) in [7, 11) is 0. The second-order valence-corrected chi connectivity index (χ2v) is 14.0. The fourth-order valence-electron chi connectivity index (χ4n) is 7.61. The van der Waals surface area contributed by atoms with Crippen LogP contribution >= 0.6 is 11.6 Å². The van der Waals surface area contributed by atoms with Gasteiger partial charge in [-0.25, -0.2) is 4.79 Å². The van der Waals surface area contributed by atoms with Crippen LogP contribution in [0.15, 0.2) is 84.9 Å². The number of nitrogens with one attached hydrogen (secondary N) is 2. The third-order valence-corrected chi connectivity index (χ3v) is 10.8. The summed E-state index contributed by atoms with van der Waals surface area (Å²) in [6.45, 7) is 6.13. The van der Waals surface area contributed by atoms with Gasteiger partial charge in [0.05, 0.1) is 12.2 Å². The van der Waals surface area contributed by atoms with Crippen LogP contribution in [0.4, 0.5) is 4.79 Å². The number of aldehydes is 1. The van der Waals surface area contributed by atoms with Gasteiger partial charge < -0.3 is 30.2 Å². The van der Waals surface area contributed by atoms with Gasteiger partial charge in [0, 0.05) is 55.6 Å². The Bertz CT molecular complexity index is 1470. The molecule has 2 heterocycles. The number of carbonyl (C=O) groups excluding carboxylic acids is 3. The number of halogens is 1. The van der Waals surface area contributed by atoms with Crippen molar-refractivity contribution in [3.05, 3.63) is 107 Å². The summed E-state index contributed by atoms with van der Waals surface area (Å²) in [6.07, 6.45) is 5.27. The number of nitrogens with zero attached hydrogens (tertiary/aromatic N) is 2. The average Bonchev–Trinajstić information content (AvgIpc) is 3.14. The van der Waals surface area contributed by atoms with E-state index in [1.165, 1.54) is 0 Å². The first kappa shape index (κ1) is 37.5. The number of piperidine rings is 2. The Labute approximate surface area is 301 Å². The van der Waals surface area contributed by atoms with Gasteiger partial charge in [-0.15, -0.1) is 0 Å². The van der Waals surface area contributed by atoms with Crippen LogP contribution in [0.25, 0.3) is 0 Å². The minimum atomic E-state index is -0.842. The molecule has 0 aliphatic carbocycles. The van der Waals surface area contributed by atoms with Gasteiger partial charge in [0.25, 0.3) is 0 Å². The summed E-state index contributed by atoms with van der Waals surface area (Å²) in [5, 5.41) is 18.5. The number of likely N-dealkylation sites (tertiary alicyclic amines) is 2. The van der Waals surface area contributed by atoms with Crippen LogP contribution in [-0.4, -0.2) is 91.2 Å². The molecule has 0 radical (unpaired) electrons. The number of rotatable bonds is 15. The lowest BCUT2D eigenvalue weighted by atomic mass is 9.71. The van der Waals surface area contributed by atoms with E-state index in [0.717, 1.165) is 55.5 Å². The molecule has 2 saturated heterocycles. The molecule has 3 N–H and O–H groups in total. The monoisotopic (exact) mass is 702 g/mol. The largest absolute Gasteiger partial charge is 0.465 e. The first-order chi connectivity index (χ1) is 24.3. The normalized spacial score (nSPS) is 17.8. The molecule has 2 amide bonds. The van der Waals surface area contributed by atoms with Gasteiger partial charge in [0.15, 0.2) is 0 Å². The lowest BCUT2D eigenvalue weighted by Gasteiger charge is -2.40. The Hall–Kier alpha value is -3.76. The Morgan fingerprint density at radius 2 is 1.56 bits per heavy atom. The fourth-order valence-corrected chi connectivity index (χ4v) is 7.74. The first-order valence-electron chi connectivity index (χ1n) is 18.0. The highest BCUT2D eigenvalue weighted by Crippen LogP contribution is 2.38. The van der Waals surface area contributed by atoms with E-state index >= 15 is 0 Å². The second kappa shape index (κ2) is 17.9. The van der Waals surface area contributed by atoms with Crippen LogP contribution in [0.1, 0.15) is 68.6 Å². The minimum absolute atomic E-state index is 0.0428. The van der Waals surface area contributed by atoms with Gasteiger partial charge in [0.2, 0.25) is 0 Å². The number of aliphatic hydroxyl groups is 1. The fraction of sp³-hybridized carbons (Fsp3) is 0.475. The predicted octanol–water partition coefficient (Wildman–Crippen LogP) is 5.67. The number of amides is 2. The van der Waals surface area contributed by atoms with Crippen molar-refractivity contribution in [3.63, 3.8) is 0 Å². The molecule has 268 valence electrons. The maximum Gasteiger partial charge on any atom is 0.323 e. The van der Waals surface area contributed by atoms with Gasteiger partial charge in [-0.3, -0.25) is 9.69 Å². The van der Waals surface area contributed by atoms with Crippen LogP contribution in [0.5, 0.6) is 0 Å². The molecule has 9 nitrogen and oxygen atoms in total. The molecule has 2 fully saturated rings. The molecule has 1 unspecified atom stereocenters. The van der Waals surface area contributed by atoms with Gasteiger partial charge in [-0.05, 0) is 80.8 Å². The van der Waals surface area contributed by atoms with Crippen LogP contribution in [0, 0.1) is 0 Å². The standard InChI is InChI=1S/C40H51ClN4O5/c1-2-50-37(47)36(20-29-46)45-25-18-35(19-26-45)43-38(48)42-30-39(31-10-5-3-6-11-31,32-12-7-4-8-13-32)21-9-24-44-27-22-40(49,23-28-44)33-14-16-34(41)17-15-33/h3-8,10-17,29,35-36,49H,2,9,18-28,30H2,1H3,(H2,42,43,48). The van der Waals surface area contributed by atoms with Crippen LogP contribution in [0.2, 0.25) is 5.02 Å². The Morgan fingerprint density at radius 1 is 0.960 bits per heavy atom. The molecule has 5 rings (SSSR count). The summed E-state index contributed by atoms with van der Waals surface area (Å²) in [5.41, 5.74) is 1.92. The predicted molar refractivity (Wildman–Crippen MR) is 196 cm³/mol. The number of ether oxygens (including phenoxy) is 1. The molecule has 0 spiro atoms. The van der Waals surface area contributed by atoms with E-state index in [9.17, 15) is 19.5 Å². The van der Waals surface area contributed by atoms with E-state index in [4.69, 9.17) is 16.3 Å². The van der Waals surface area contributed by atoms with Crippen molar-refractivity contribution in [1.29, 1.82) is 0 Å². The summed E-state index contributed by atoms with van der Waals surface area (Å²) < 4.78 is 5.19. The SMILES string of the molecule is CCOC(=O)C(CC=O)N1CCC(NC(=O)NCC(CCCN2CCC(O)(c3ccc(Cl)cc3)CC2)(c2ccccc2)c2ccccc2)CC1. The zero-order valence-electron chi connectivity index (χ0n) is 29.1. The van der Waals surface area contributed by atoms with Gasteiger partial charge in [0.1, 0.15) is 12.3 Å². The van der Waals surface area contributed by atoms with Crippen molar-refractivity contribution in [3.8, 4) is 0 Å². The van der Waals surface area contributed by atoms with Crippen LogP contribution in [0.3, 0.4) is 0 Å². The van der Waals surface area contributed by atoms with E-state index in [1.54, 1.807) is 6.92 Å². The van der Waals surface area contributed by atoms with E-state index in [2.05, 4.69) is 64.1 Å². The maximum atomic E-state index is 13.5. The van der Waals surface area contributed by atoms with Crippen molar-refractivity contribution in [1.82, 2.24) is 20.4 Å². The molecule has 10 heteroatoms. The highest BCUT2D eigenvalue weighted by molar-refractivity contribution is 6.30. The van der Waals surface area contributed by atoms with Crippen LogP contribution < -0.4 is 10.6 Å². The number of carbonyl (C=O) groups is 3. The first-order valence-corrected chi connectivity index (χ1v) is 18.3. The Balaban J connectivity index is 1.21. The highest BCUT2D eigenvalue weighted by Gasteiger charge is 2.37. The second-order valence-electron chi connectivity index (χ2n) is 13.6. The van der Waals surface area contributed by atoms with Crippen molar-refractivity contribution < 1.29 is 24.2 Å². The van der Waals surface area contributed by atoms with Crippen molar-refractivity contribution in [2.75, 3.05) is 45.9 Å². The summed E-state index contributed by atoms with van der Waals surface area (Å²) in [4.78, 5) is 41.6. The number of benzene rings is 3. The molecular weight excluding hydrogens is 652 g/mol. The van der Waals surface area contributed by atoms with Crippen molar-refractivity contribution in [2.45, 2.75) is 75.0 Å². The lowest BCUT2D eigenvalue weighted by molar-refractivity contribution is -0.151. The zero-order valence-corrected chi connectivity index (χ0v) is 29.8. The number of urea groups is 1. The summed E-state index contributed by atoms with van der Waals surface area (Å²) in [5.74, 6) is -0.373. The minimum Gasteiger partial charge on any atom is -0.465 e. The summed E-state index contributed by atoms with van der Waals surface area (Å²) >= 11 is 6.09. The lowest BCUT2D eigenvalue weighted by Crippen LogP contribution is -2.53. The molecule has 0 bridgehead atoms. The molecule has 3 aromatic rings. The third-order valence-electron chi connectivity index (χ3n) is 10.5. The highest BCUT2D eigenvalue weighted by atomic mass is 35.5. The molecule has 50 heavy (non-hydrogen) atoms. The zero-order chi connectivity index (χ0) is 35.4. The maximum absolute atomic E-state index is 13.5. The Kier molecular flexibility index (Phi) is 13.5. The topological polar surface area (TPSA) is 111 Å². The number of esters is 1. The molecule has 2 aliphatic rings. The number of hydrogen-bond donors (Lipinski definition) is 3. The van der Waals surface area contributed by atoms with Crippen LogP contribution in [-0.2, 0) is 25.3 Å². The van der Waals surface area contributed by atoms with E-state index in [1.807, 2.05) is 41.3 Å². The molecule has 2 aliphatic heterocycles. The third kappa shape index (κ3) is 9.51. The molecule has 1 atom stereocenters. The Morgan fingerprint density at radius 3 is 2.12 bits per heavy atom. The van der Waals surface area contributed by atoms with E-state index < -0.39 is 17.1 Å². The van der Waals surface area contributed by atoms with E-state index in [-0.39, 0.29) is 31.1 Å². The number of hydrogen-bond acceptors (Lipinski definition) is 7. The van der Waals surface area contributed by atoms with Gasteiger partial charge >= 0.3 is 12.0 Å². The molecule has 0 saturated carbocycles. The smallest absolute Gasteiger partial charge is 0.323 e. The van der Waals surface area contributed by atoms with Gasteiger partial charge in [-0.2, -0.15) is 0 Å². The molecule has 0 aromatic heterocycles. The molecule has 3 aromatic carbocycles. The van der Waals surface area contributed by atoms with Gasteiger partial charge in [-0.1, -0.05) is 84.4 Å². The van der Waals surface area contributed by atoms with E-state index in [0.29, 0.717) is 50.3 Å².